The van der Waals surface area contributed by atoms with Crippen LogP contribution in [0.2, 0.25) is 0 Å². The molecule has 2 heterocycles. The maximum absolute atomic E-state index is 5.99. The van der Waals surface area contributed by atoms with Crippen LogP contribution in [0.3, 0.4) is 0 Å². The molecule has 0 amide bonds. The van der Waals surface area contributed by atoms with Crippen LogP contribution in [-0.4, -0.2) is 40.6 Å². The fourth-order valence-electron chi connectivity index (χ4n) is 4.04. The van der Waals surface area contributed by atoms with Crippen molar-refractivity contribution in [1.29, 1.82) is 0 Å². The van der Waals surface area contributed by atoms with E-state index >= 15 is 0 Å². The van der Waals surface area contributed by atoms with Gasteiger partial charge in [0.25, 0.3) is 0 Å². The van der Waals surface area contributed by atoms with Crippen molar-refractivity contribution in [3.05, 3.63) is 59.4 Å². The molecule has 162 valence electrons. The standard InChI is InChI=1S/C23H28N6O2/c1-15-7-4-5-8-18(15)25-23-27-21(26-22(24)28-23)14-29-12-6-9-19(29)17-11-10-16(30-2)13-20(17)31-3/h4-5,7-8,10-11,13,19H,6,9,12,14H2,1-3H3,(H3,24,25,26,27,28)/t19-/m0/s1. The van der Waals surface area contributed by atoms with Gasteiger partial charge in [-0.2, -0.15) is 15.0 Å². The lowest BCUT2D eigenvalue weighted by Gasteiger charge is -2.26. The zero-order chi connectivity index (χ0) is 21.8. The van der Waals surface area contributed by atoms with Crippen molar-refractivity contribution < 1.29 is 9.47 Å². The molecule has 1 fully saturated rings. The van der Waals surface area contributed by atoms with Crippen LogP contribution >= 0.6 is 0 Å². The first-order valence-electron chi connectivity index (χ1n) is 10.4. The van der Waals surface area contributed by atoms with E-state index in [0.717, 1.165) is 47.7 Å². The molecule has 0 radical (unpaired) electrons. The van der Waals surface area contributed by atoms with Gasteiger partial charge in [-0.3, -0.25) is 4.90 Å². The predicted molar refractivity (Wildman–Crippen MR) is 121 cm³/mol. The number of para-hydroxylation sites is 1. The van der Waals surface area contributed by atoms with Crippen LogP contribution in [0.15, 0.2) is 42.5 Å². The number of nitrogen functional groups attached to an aromatic ring is 1. The second kappa shape index (κ2) is 9.18. The Hall–Kier alpha value is -3.39. The summed E-state index contributed by atoms with van der Waals surface area (Å²) in [6.07, 6.45) is 2.13. The number of anilines is 3. The summed E-state index contributed by atoms with van der Waals surface area (Å²) in [5.74, 6) is 2.91. The molecule has 3 N–H and O–H groups in total. The Balaban J connectivity index is 1.56. The smallest absolute Gasteiger partial charge is 0.232 e. The first kappa shape index (κ1) is 20.9. The highest BCUT2D eigenvalue weighted by atomic mass is 16.5. The van der Waals surface area contributed by atoms with Crippen molar-refractivity contribution in [3.63, 3.8) is 0 Å². The number of benzene rings is 2. The number of nitrogens with zero attached hydrogens (tertiary/aromatic N) is 4. The maximum atomic E-state index is 5.99. The van der Waals surface area contributed by atoms with Gasteiger partial charge in [0.1, 0.15) is 17.3 Å². The molecule has 1 aromatic heterocycles. The summed E-state index contributed by atoms with van der Waals surface area (Å²) in [4.78, 5) is 15.6. The number of rotatable bonds is 7. The number of aryl methyl sites for hydroxylation is 1. The van der Waals surface area contributed by atoms with E-state index in [-0.39, 0.29) is 12.0 Å². The number of nitrogens with two attached hydrogens (primary N) is 1. The molecular formula is C23H28N6O2. The normalized spacial score (nSPS) is 16.3. The molecule has 8 heteroatoms. The van der Waals surface area contributed by atoms with Crippen molar-refractivity contribution in [2.45, 2.75) is 32.4 Å². The monoisotopic (exact) mass is 420 g/mol. The highest BCUT2D eigenvalue weighted by Crippen LogP contribution is 2.39. The van der Waals surface area contributed by atoms with Gasteiger partial charge in [0.05, 0.1) is 20.8 Å². The zero-order valence-corrected chi connectivity index (χ0v) is 18.1. The fraction of sp³-hybridized carbons (Fsp3) is 0.348. The van der Waals surface area contributed by atoms with Crippen LogP contribution in [-0.2, 0) is 6.54 Å². The van der Waals surface area contributed by atoms with E-state index in [0.29, 0.717) is 18.3 Å². The Morgan fingerprint density at radius 2 is 1.94 bits per heavy atom. The molecule has 0 unspecified atom stereocenters. The summed E-state index contributed by atoms with van der Waals surface area (Å²) in [5, 5.41) is 3.26. The van der Waals surface area contributed by atoms with Gasteiger partial charge in [-0.25, -0.2) is 0 Å². The van der Waals surface area contributed by atoms with Gasteiger partial charge in [0, 0.05) is 23.4 Å². The number of methoxy groups -OCH3 is 2. The second-order valence-electron chi connectivity index (χ2n) is 7.61. The molecule has 3 aromatic rings. The van der Waals surface area contributed by atoms with Gasteiger partial charge in [-0.1, -0.05) is 24.3 Å². The Morgan fingerprint density at radius 3 is 2.71 bits per heavy atom. The van der Waals surface area contributed by atoms with Crippen LogP contribution in [0.1, 0.15) is 35.8 Å². The Labute approximate surface area is 182 Å². The summed E-state index contributed by atoms with van der Waals surface area (Å²) < 4.78 is 11.0. The number of hydrogen-bond donors (Lipinski definition) is 2. The molecule has 1 atom stereocenters. The predicted octanol–water partition coefficient (Wildman–Crippen LogP) is 3.86. The molecule has 8 nitrogen and oxygen atoms in total. The average Bonchev–Trinajstić information content (AvgIpc) is 3.22. The van der Waals surface area contributed by atoms with Gasteiger partial charge >= 0.3 is 0 Å². The molecule has 2 aromatic carbocycles. The molecule has 1 aliphatic rings. The van der Waals surface area contributed by atoms with E-state index in [1.54, 1.807) is 14.2 Å². The van der Waals surface area contributed by atoms with Gasteiger partial charge in [0.15, 0.2) is 0 Å². The molecular weight excluding hydrogens is 392 g/mol. The molecule has 31 heavy (non-hydrogen) atoms. The maximum Gasteiger partial charge on any atom is 0.232 e. The van der Waals surface area contributed by atoms with E-state index in [1.807, 2.05) is 43.3 Å². The Bertz CT molecular complexity index is 1060. The molecule has 1 aliphatic heterocycles. The van der Waals surface area contributed by atoms with Crippen molar-refractivity contribution in [2.75, 3.05) is 31.8 Å². The lowest BCUT2D eigenvalue weighted by molar-refractivity contribution is 0.237. The summed E-state index contributed by atoms with van der Waals surface area (Å²) >= 11 is 0. The number of nitrogens with one attached hydrogen (secondary N) is 1. The third-order valence-corrected chi connectivity index (χ3v) is 5.60. The minimum atomic E-state index is 0.207. The molecule has 0 aliphatic carbocycles. The van der Waals surface area contributed by atoms with Crippen LogP contribution in [0.4, 0.5) is 17.6 Å². The molecule has 1 saturated heterocycles. The third-order valence-electron chi connectivity index (χ3n) is 5.60. The number of likely N-dealkylation sites (tertiary alicyclic amines) is 1. The summed E-state index contributed by atoms with van der Waals surface area (Å²) in [6, 6.07) is 14.2. The quantitative estimate of drug-likeness (QED) is 0.595. The van der Waals surface area contributed by atoms with E-state index in [4.69, 9.17) is 15.2 Å². The zero-order valence-electron chi connectivity index (χ0n) is 18.1. The highest BCUT2D eigenvalue weighted by Gasteiger charge is 2.29. The summed E-state index contributed by atoms with van der Waals surface area (Å²) in [6.45, 7) is 3.56. The largest absolute Gasteiger partial charge is 0.497 e. The van der Waals surface area contributed by atoms with Crippen molar-refractivity contribution in [1.82, 2.24) is 19.9 Å². The van der Waals surface area contributed by atoms with Gasteiger partial charge in [-0.15, -0.1) is 0 Å². The molecule has 0 bridgehead atoms. The van der Waals surface area contributed by atoms with Crippen LogP contribution in [0.25, 0.3) is 0 Å². The molecule has 0 saturated carbocycles. The van der Waals surface area contributed by atoms with E-state index < -0.39 is 0 Å². The van der Waals surface area contributed by atoms with E-state index in [2.05, 4.69) is 31.2 Å². The lowest BCUT2D eigenvalue weighted by Crippen LogP contribution is -2.25. The van der Waals surface area contributed by atoms with Crippen molar-refractivity contribution in [2.24, 2.45) is 0 Å². The third kappa shape index (κ3) is 4.69. The number of aromatic nitrogens is 3. The lowest BCUT2D eigenvalue weighted by atomic mass is 10.0. The van der Waals surface area contributed by atoms with E-state index in [9.17, 15) is 0 Å². The SMILES string of the molecule is COc1ccc([C@@H]2CCCN2Cc2nc(N)nc(Nc3ccccc3C)n2)c(OC)c1. The van der Waals surface area contributed by atoms with Gasteiger partial charge in [0.2, 0.25) is 11.9 Å². The fourth-order valence-corrected chi connectivity index (χ4v) is 4.04. The number of hydrogen-bond acceptors (Lipinski definition) is 8. The topological polar surface area (TPSA) is 98.4 Å². The first-order valence-corrected chi connectivity index (χ1v) is 10.4. The van der Waals surface area contributed by atoms with Gasteiger partial charge < -0.3 is 20.5 Å². The second-order valence-corrected chi connectivity index (χ2v) is 7.61. The summed E-state index contributed by atoms with van der Waals surface area (Å²) in [5.41, 5.74) is 9.19. The van der Waals surface area contributed by atoms with Crippen LogP contribution < -0.4 is 20.5 Å². The van der Waals surface area contributed by atoms with Crippen LogP contribution in [0, 0.1) is 6.92 Å². The highest BCUT2D eigenvalue weighted by molar-refractivity contribution is 5.58. The van der Waals surface area contributed by atoms with Gasteiger partial charge in [-0.05, 0) is 44.0 Å². The minimum absolute atomic E-state index is 0.207. The van der Waals surface area contributed by atoms with E-state index in [1.165, 1.54) is 0 Å². The molecule has 4 rings (SSSR count). The van der Waals surface area contributed by atoms with Crippen molar-refractivity contribution in [3.8, 4) is 11.5 Å². The number of ether oxygens (including phenoxy) is 2. The first-order chi connectivity index (χ1) is 15.1. The summed E-state index contributed by atoms with van der Waals surface area (Å²) in [7, 11) is 3.35. The van der Waals surface area contributed by atoms with Crippen LogP contribution in [0.5, 0.6) is 11.5 Å². The molecule has 0 spiro atoms. The average molecular weight is 421 g/mol. The minimum Gasteiger partial charge on any atom is -0.497 e. The Morgan fingerprint density at radius 1 is 1.10 bits per heavy atom. The van der Waals surface area contributed by atoms with Crippen molar-refractivity contribution >= 4 is 17.6 Å². The Kier molecular flexibility index (Phi) is 6.18.